The van der Waals surface area contributed by atoms with Gasteiger partial charge in [0.2, 0.25) is 5.91 Å². The molecular formula is C18H21N3O3. The number of carbonyl (C=O) groups excluding carboxylic acids is 1. The normalized spacial score (nSPS) is 20.0. The van der Waals surface area contributed by atoms with Gasteiger partial charge in [0.15, 0.2) is 11.5 Å². The van der Waals surface area contributed by atoms with Crippen LogP contribution in [0.1, 0.15) is 30.0 Å². The Morgan fingerprint density at radius 1 is 1.25 bits per heavy atom. The number of carbonyl (C=O) groups is 1. The molecule has 3 heterocycles. The van der Waals surface area contributed by atoms with E-state index in [4.69, 9.17) is 9.47 Å². The molecule has 1 aromatic carbocycles. The zero-order chi connectivity index (χ0) is 16.4. The van der Waals surface area contributed by atoms with Gasteiger partial charge in [-0.05, 0) is 36.6 Å². The van der Waals surface area contributed by atoms with Gasteiger partial charge in [-0.3, -0.25) is 9.89 Å². The van der Waals surface area contributed by atoms with E-state index < -0.39 is 0 Å². The Kier molecular flexibility index (Phi) is 4.11. The van der Waals surface area contributed by atoms with Crippen molar-refractivity contribution in [1.82, 2.24) is 15.1 Å². The molecule has 1 fully saturated rings. The molecule has 1 N–H and O–H groups in total. The van der Waals surface area contributed by atoms with Crippen LogP contribution in [0.15, 0.2) is 30.5 Å². The summed E-state index contributed by atoms with van der Waals surface area (Å²) in [6.45, 7) is 2.72. The van der Waals surface area contributed by atoms with Crippen molar-refractivity contribution in [3.63, 3.8) is 0 Å². The Morgan fingerprint density at radius 2 is 2.12 bits per heavy atom. The van der Waals surface area contributed by atoms with E-state index in [0.717, 1.165) is 48.7 Å². The molecule has 126 valence electrons. The van der Waals surface area contributed by atoms with E-state index in [-0.39, 0.29) is 5.91 Å². The van der Waals surface area contributed by atoms with Crippen LogP contribution in [0, 0.1) is 0 Å². The highest BCUT2D eigenvalue weighted by molar-refractivity contribution is 5.79. The van der Waals surface area contributed by atoms with Gasteiger partial charge >= 0.3 is 0 Å². The number of hydrogen-bond acceptors (Lipinski definition) is 4. The minimum Gasteiger partial charge on any atom is -0.486 e. The first-order chi connectivity index (χ1) is 11.8. The number of nitrogens with zero attached hydrogens (tertiary/aromatic N) is 2. The lowest BCUT2D eigenvalue weighted by molar-refractivity contribution is -0.131. The molecule has 1 atom stereocenters. The summed E-state index contributed by atoms with van der Waals surface area (Å²) >= 11 is 0. The van der Waals surface area contributed by atoms with Crippen LogP contribution in [-0.4, -0.2) is 47.3 Å². The van der Waals surface area contributed by atoms with Gasteiger partial charge in [0.1, 0.15) is 13.2 Å². The van der Waals surface area contributed by atoms with Crippen molar-refractivity contribution in [3.8, 4) is 11.5 Å². The average Bonchev–Trinajstić information content (AvgIpc) is 3.16. The summed E-state index contributed by atoms with van der Waals surface area (Å²) in [5.74, 6) is 2.01. The molecule has 6 heteroatoms. The lowest BCUT2D eigenvalue weighted by atomic mass is 9.94. The Bertz CT molecular complexity index is 714. The third kappa shape index (κ3) is 3.09. The van der Waals surface area contributed by atoms with E-state index in [0.29, 0.717) is 25.6 Å². The number of fused-ring (bicyclic) bond motifs is 1. The molecule has 0 spiro atoms. The number of H-pyrrole nitrogens is 1. The predicted octanol–water partition coefficient (Wildman–Crippen LogP) is 2.13. The van der Waals surface area contributed by atoms with E-state index in [1.807, 2.05) is 29.2 Å². The molecule has 0 unspecified atom stereocenters. The zero-order valence-electron chi connectivity index (χ0n) is 13.5. The molecule has 24 heavy (non-hydrogen) atoms. The largest absolute Gasteiger partial charge is 0.486 e. The van der Waals surface area contributed by atoms with Crippen molar-refractivity contribution < 1.29 is 14.3 Å². The van der Waals surface area contributed by atoms with Gasteiger partial charge in [-0.1, -0.05) is 6.07 Å². The second-order valence-corrected chi connectivity index (χ2v) is 6.35. The zero-order valence-corrected chi connectivity index (χ0v) is 13.5. The lowest BCUT2D eigenvalue weighted by Crippen LogP contribution is -2.40. The number of amides is 1. The van der Waals surface area contributed by atoms with E-state index in [2.05, 4.69) is 10.2 Å². The van der Waals surface area contributed by atoms with Crippen LogP contribution >= 0.6 is 0 Å². The number of likely N-dealkylation sites (tertiary alicyclic amines) is 1. The highest BCUT2D eigenvalue weighted by atomic mass is 16.6. The quantitative estimate of drug-likeness (QED) is 0.938. The van der Waals surface area contributed by atoms with Gasteiger partial charge in [-0.2, -0.15) is 5.10 Å². The first kappa shape index (κ1) is 15.1. The monoisotopic (exact) mass is 327 g/mol. The molecular weight excluding hydrogens is 306 g/mol. The number of rotatable bonds is 3. The van der Waals surface area contributed by atoms with E-state index in [1.165, 1.54) is 0 Å². The molecule has 4 rings (SSSR count). The van der Waals surface area contributed by atoms with Crippen molar-refractivity contribution in [2.75, 3.05) is 26.3 Å². The summed E-state index contributed by atoms with van der Waals surface area (Å²) in [6, 6.07) is 7.75. The Balaban J connectivity index is 1.42. The second-order valence-electron chi connectivity index (χ2n) is 6.35. The number of aromatic nitrogens is 2. The summed E-state index contributed by atoms with van der Waals surface area (Å²) in [5.41, 5.74) is 2.08. The summed E-state index contributed by atoms with van der Waals surface area (Å²) in [5, 5.41) is 7.05. The molecule has 2 aliphatic heterocycles. The van der Waals surface area contributed by atoms with Gasteiger partial charge in [-0.15, -0.1) is 0 Å². The number of hydrogen-bond donors (Lipinski definition) is 1. The molecule has 0 saturated carbocycles. The van der Waals surface area contributed by atoms with Gasteiger partial charge in [-0.25, -0.2) is 0 Å². The highest BCUT2D eigenvalue weighted by Gasteiger charge is 2.25. The fraction of sp³-hybridized carbons (Fsp3) is 0.444. The van der Waals surface area contributed by atoms with Crippen LogP contribution in [-0.2, 0) is 11.2 Å². The van der Waals surface area contributed by atoms with E-state index >= 15 is 0 Å². The maximum absolute atomic E-state index is 12.7. The molecule has 1 amide bonds. The van der Waals surface area contributed by atoms with Crippen molar-refractivity contribution >= 4 is 5.91 Å². The summed E-state index contributed by atoms with van der Waals surface area (Å²) in [4.78, 5) is 14.6. The van der Waals surface area contributed by atoms with Crippen LogP contribution in [0.25, 0.3) is 0 Å². The lowest BCUT2D eigenvalue weighted by Gasteiger charge is -2.32. The van der Waals surface area contributed by atoms with Crippen LogP contribution in [0.2, 0.25) is 0 Å². The van der Waals surface area contributed by atoms with E-state index in [1.54, 1.807) is 6.20 Å². The fourth-order valence-corrected chi connectivity index (χ4v) is 3.44. The minimum absolute atomic E-state index is 0.163. The molecule has 1 aromatic heterocycles. The standard InChI is InChI=1S/C18H21N3O3/c22-18(11-13-3-4-16-17(10-13)24-9-8-23-16)21-7-1-2-14(12-21)15-5-6-19-20-15/h3-6,10,14H,1-2,7-9,11-12H2,(H,19,20)/t14-/m1/s1. The maximum Gasteiger partial charge on any atom is 0.227 e. The number of piperidine rings is 1. The number of ether oxygens (including phenoxy) is 2. The SMILES string of the molecule is O=C(Cc1ccc2c(c1)OCCO2)N1CCC[C@@H](c2ccn[nH]2)C1. The van der Waals surface area contributed by atoms with Crippen molar-refractivity contribution in [2.24, 2.45) is 0 Å². The predicted molar refractivity (Wildman–Crippen MR) is 88.3 cm³/mol. The van der Waals surface area contributed by atoms with Crippen molar-refractivity contribution in [1.29, 1.82) is 0 Å². The topological polar surface area (TPSA) is 67.5 Å². The fourth-order valence-electron chi connectivity index (χ4n) is 3.44. The molecule has 6 nitrogen and oxygen atoms in total. The Labute approximate surface area is 140 Å². The second kappa shape index (κ2) is 6.55. The summed E-state index contributed by atoms with van der Waals surface area (Å²) < 4.78 is 11.1. The third-order valence-electron chi connectivity index (χ3n) is 4.70. The number of benzene rings is 1. The van der Waals surface area contributed by atoms with Crippen LogP contribution < -0.4 is 9.47 Å². The third-order valence-corrected chi connectivity index (χ3v) is 4.70. The first-order valence-electron chi connectivity index (χ1n) is 8.45. The van der Waals surface area contributed by atoms with Crippen LogP contribution in [0.5, 0.6) is 11.5 Å². The minimum atomic E-state index is 0.163. The van der Waals surface area contributed by atoms with Crippen LogP contribution in [0.4, 0.5) is 0 Å². The van der Waals surface area contributed by atoms with Gasteiger partial charge in [0.25, 0.3) is 0 Å². The molecule has 2 aliphatic rings. The molecule has 0 aliphatic carbocycles. The van der Waals surface area contributed by atoms with E-state index in [9.17, 15) is 4.79 Å². The smallest absolute Gasteiger partial charge is 0.227 e. The average molecular weight is 327 g/mol. The van der Waals surface area contributed by atoms with Gasteiger partial charge in [0, 0.05) is 30.9 Å². The molecule has 0 bridgehead atoms. The summed E-state index contributed by atoms with van der Waals surface area (Å²) in [7, 11) is 0. The van der Waals surface area contributed by atoms with Gasteiger partial charge < -0.3 is 14.4 Å². The Hall–Kier alpha value is -2.50. The van der Waals surface area contributed by atoms with Crippen molar-refractivity contribution in [2.45, 2.75) is 25.2 Å². The van der Waals surface area contributed by atoms with Crippen molar-refractivity contribution in [3.05, 3.63) is 41.7 Å². The highest BCUT2D eigenvalue weighted by Crippen LogP contribution is 2.31. The Morgan fingerprint density at radius 3 is 2.96 bits per heavy atom. The first-order valence-corrected chi connectivity index (χ1v) is 8.45. The van der Waals surface area contributed by atoms with Gasteiger partial charge in [0.05, 0.1) is 6.42 Å². The molecule has 2 aromatic rings. The summed E-state index contributed by atoms with van der Waals surface area (Å²) in [6.07, 6.45) is 4.28. The van der Waals surface area contributed by atoms with Crippen LogP contribution in [0.3, 0.4) is 0 Å². The molecule has 1 saturated heterocycles. The maximum atomic E-state index is 12.7. The number of aromatic amines is 1. The molecule has 0 radical (unpaired) electrons. The number of nitrogens with one attached hydrogen (secondary N) is 1.